The second-order valence-electron chi connectivity index (χ2n) is 10.1. The van der Waals surface area contributed by atoms with E-state index < -0.39 is 6.36 Å². The SMILES string of the molecule is CCCc1ccccc1N1C(=O)CSC1=NC(=S)CCCCc1ccc(-c2ncn(-c3ccc(OC(F)(F)F)cc3)n2)cc1. The highest BCUT2D eigenvalue weighted by molar-refractivity contribution is 8.15. The van der Waals surface area contributed by atoms with Crippen LogP contribution in [0.1, 0.15) is 43.7 Å². The van der Waals surface area contributed by atoms with Crippen molar-refractivity contribution in [2.75, 3.05) is 10.7 Å². The number of amides is 1. The first-order chi connectivity index (χ1) is 21.2. The van der Waals surface area contributed by atoms with Crippen molar-refractivity contribution in [1.82, 2.24) is 14.8 Å². The molecule has 228 valence electrons. The summed E-state index contributed by atoms with van der Waals surface area (Å²) in [4.78, 5) is 24.0. The molecular formula is C32H30F3N5O2S2. The van der Waals surface area contributed by atoms with Crippen LogP contribution in [0, 0.1) is 0 Å². The van der Waals surface area contributed by atoms with Crippen LogP contribution in [0.15, 0.2) is 84.1 Å². The Labute approximate surface area is 263 Å². The highest BCUT2D eigenvalue weighted by Crippen LogP contribution is 2.31. The third-order valence-electron chi connectivity index (χ3n) is 6.88. The average molecular weight is 638 g/mol. The van der Waals surface area contributed by atoms with Gasteiger partial charge in [0.25, 0.3) is 0 Å². The molecule has 12 heteroatoms. The number of hydrogen-bond donors (Lipinski definition) is 0. The van der Waals surface area contributed by atoms with Gasteiger partial charge in [-0.25, -0.2) is 14.7 Å². The van der Waals surface area contributed by atoms with Crippen molar-refractivity contribution >= 4 is 45.7 Å². The van der Waals surface area contributed by atoms with E-state index in [0.29, 0.717) is 33.8 Å². The first-order valence-corrected chi connectivity index (χ1v) is 15.6. The predicted molar refractivity (Wildman–Crippen MR) is 171 cm³/mol. The Kier molecular flexibility index (Phi) is 10.1. The predicted octanol–water partition coefficient (Wildman–Crippen LogP) is 7.96. The van der Waals surface area contributed by atoms with E-state index in [0.717, 1.165) is 48.9 Å². The molecule has 1 aliphatic heterocycles. The van der Waals surface area contributed by atoms with E-state index in [4.69, 9.17) is 12.2 Å². The molecule has 5 rings (SSSR count). The number of carbonyl (C=O) groups excluding carboxylic acids is 1. The van der Waals surface area contributed by atoms with Crippen molar-refractivity contribution in [3.8, 4) is 22.8 Å². The van der Waals surface area contributed by atoms with Gasteiger partial charge in [0.2, 0.25) is 5.91 Å². The van der Waals surface area contributed by atoms with Gasteiger partial charge >= 0.3 is 6.36 Å². The number of amidine groups is 1. The highest BCUT2D eigenvalue weighted by atomic mass is 32.2. The average Bonchev–Trinajstić information content (AvgIpc) is 3.63. The van der Waals surface area contributed by atoms with E-state index in [-0.39, 0.29) is 11.7 Å². The molecule has 0 spiro atoms. The third kappa shape index (κ3) is 8.11. The highest BCUT2D eigenvalue weighted by Gasteiger charge is 2.32. The summed E-state index contributed by atoms with van der Waals surface area (Å²) in [5.41, 5.74) is 4.58. The standard InChI is InChI=1S/C32H30F3N5O2S2/c1-2-7-23-9-4-5-10-27(23)40-29(41)20-44-31(40)37-28(43)11-6-3-8-22-12-14-24(15-13-22)30-36-21-39(38-30)25-16-18-26(19-17-25)42-32(33,34)35/h4-5,9-10,12-19,21H,2-3,6-8,11,20H2,1H3. The summed E-state index contributed by atoms with van der Waals surface area (Å²) in [7, 11) is 0. The van der Waals surface area contributed by atoms with Crippen LogP contribution in [-0.4, -0.2) is 42.9 Å². The van der Waals surface area contributed by atoms with E-state index in [1.54, 1.807) is 4.90 Å². The second-order valence-corrected chi connectivity index (χ2v) is 11.6. The van der Waals surface area contributed by atoms with Gasteiger partial charge in [0.1, 0.15) is 17.1 Å². The molecule has 1 fully saturated rings. The molecule has 1 aliphatic rings. The number of halogens is 3. The molecule has 0 bridgehead atoms. The Morgan fingerprint density at radius 1 is 1.02 bits per heavy atom. The summed E-state index contributed by atoms with van der Waals surface area (Å²) in [5.74, 6) is 0.597. The van der Waals surface area contributed by atoms with Crippen LogP contribution in [-0.2, 0) is 17.6 Å². The topological polar surface area (TPSA) is 72.6 Å². The number of para-hydroxylation sites is 1. The summed E-state index contributed by atoms with van der Waals surface area (Å²) in [6.07, 6.45) is 2.01. The van der Waals surface area contributed by atoms with Gasteiger partial charge in [-0.15, -0.1) is 18.3 Å². The lowest BCUT2D eigenvalue weighted by molar-refractivity contribution is -0.274. The normalized spacial score (nSPS) is 14.4. The molecule has 44 heavy (non-hydrogen) atoms. The van der Waals surface area contributed by atoms with Gasteiger partial charge in [-0.2, -0.15) is 0 Å². The number of thioether (sulfide) groups is 1. The number of thiocarbonyl (C=S) groups is 1. The summed E-state index contributed by atoms with van der Waals surface area (Å²) in [6.45, 7) is 2.12. The van der Waals surface area contributed by atoms with E-state index in [1.807, 2.05) is 42.5 Å². The van der Waals surface area contributed by atoms with E-state index >= 15 is 0 Å². The summed E-state index contributed by atoms with van der Waals surface area (Å²) in [5, 5.41) is 5.11. The lowest BCUT2D eigenvalue weighted by atomic mass is 10.0. The van der Waals surface area contributed by atoms with Crippen molar-refractivity contribution < 1.29 is 22.7 Å². The molecule has 2 heterocycles. The molecule has 0 atom stereocenters. The van der Waals surface area contributed by atoms with Crippen molar-refractivity contribution in [2.45, 2.75) is 51.8 Å². The fourth-order valence-corrected chi connectivity index (χ4v) is 5.97. The number of aromatic nitrogens is 3. The maximum Gasteiger partial charge on any atom is 0.573 e. The van der Waals surface area contributed by atoms with Gasteiger partial charge in [0.05, 0.1) is 17.1 Å². The quantitative estimate of drug-likeness (QED) is 0.123. The number of aryl methyl sites for hydroxylation is 2. The van der Waals surface area contributed by atoms with Crippen LogP contribution in [0.25, 0.3) is 17.1 Å². The number of nitrogens with zero attached hydrogens (tertiary/aromatic N) is 5. The monoisotopic (exact) mass is 637 g/mol. The van der Waals surface area contributed by atoms with Crippen LogP contribution < -0.4 is 9.64 Å². The maximum absolute atomic E-state index is 12.7. The number of ether oxygens (including phenoxy) is 1. The zero-order valence-corrected chi connectivity index (χ0v) is 25.6. The Morgan fingerprint density at radius 3 is 2.50 bits per heavy atom. The third-order valence-corrected chi connectivity index (χ3v) is 8.10. The van der Waals surface area contributed by atoms with Crippen LogP contribution in [0.4, 0.5) is 18.9 Å². The Morgan fingerprint density at radius 2 is 1.77 bits per heavy atom. The van der Waals surface area contributed by atoms with Crippen molar-refractivity contribution in [2.24, 2.45) is 4.99 Å². The van der Waals surface area contributed by atoms with E-state index in [9.17, 15) is 18.0 Å². The summed E-state index contributed by atoms with van der Waals surface area (Å²) in [6, 6.07) is 21.4. The van der Waals surface area contributed by atoms with Crippen LogP contribution in [0.5, 0.6) is 5.75 Å². The number of aliphatic imine (C=N–C) groups is 1. The minimum absolute atomic E-state index is 0.0270. The largest absolute Gasteiger partial charge is 0.573 e. The molecule has 0 N–H and O–H groups in total. The van der Waals surface area contributed by atoms with Gasteiger partial charge in [0.15, 0.2) is 11.0 Å². The van der Waals surface area contributed by atoms with Crippen LogP contribution in [0.2, 0.25) is 0 Å². The fourth-order valence-electron chi connectivity index (χ4n) is 4.80. The summed E-state index contributed by atoms with van der Waals surface area (Å²) >= 11 is 7.01. The minimum Gasteiger partial charge on any atom is -0.406 e. The Bertz CT molecular complexity index is 1640. The lowest BCUT2D eigenvalue weighted by Crippen LogP contribution is -2.30. The molecule has 7 nitrogen and oxygen atoms in total. The fraction of sp³-hybridized carbons (Fsp3) is 0.281. The molecule has 0 radical (unpaired) electrons. The van der Waals surface area contributed by atoms with Crippen molar-refractivity contribution in [1.29, 1.82) is 0 Å². The number of anilines is 1. The van der Waals surface area contributed by atoms with Gasteiger partial charge in [0, 0.05) is 12.0 Å². The number of hydrogen-bond acceptors (Lipinski definition) is 6. The van der Waals surface area contributed by atoms with Crippen LogP contribution >= 0.6 is 24.0 Å². The van der Waals surface area contributed by atoms with Gasteiger partial charge in [-0.05, 0) is 67.1 Å². The molecule has 4 aromatic rings. The first kappa shape index (κ1) is 31.4. The molecular weight excluding hydrogens is 608 g/mol. The number of benzene rings is 3. The second kappa shape index (κ2) is 14.2. The smallest absolute Gasteiger partial charge is 0.406 e. The van der Waals surface area contributed by atoms with E-state index in [1.165, 1.54) is 52.6 Å². The molecule has 1 saturated heterocycles. The van der Waals surface area contributed by atoms with E-state index in [2.05, 4.69) is 32.8 Å². The molecule has 0 unspecified atom stereocenters. The van der Waals surface area contributed by atoms with Gasteiger partial charge < -0.3 is 4.74 Å². The van der Waals surface area contributed by atoms with Crippen molar-refractivity contribution in [3.63, 3.8) is 0 Å². The Hall–Kier alpha value is -4.03. The molecule has 3 aromatic carbocycles. The van der Waals surface area contributed by atoms with Crippen molar-refractivity contribution in [3.05, 3.63) is 90.3 Å². The summed E-state index contributed by atoms with van der Waals surface area (Å²) < 4.78 is 42.6. The van der Waals surface area contributed by atoms with Gasteiger partial charge in [-0.3, -0.25) is 9.69 Å². The minimum atomic E-state index is -4.74. The van der Waals surface area contributed by atoms with Gasteiger partial charge in [-0.1, -0.05) is 79.8 Å². The first-order valence-electron chi connectivity index (χ1n) is 14.2. The number of alkyl halides is 3. The lowest BCUT2D eigenvalue weighted by Gasteiger charge is -2.19. The van der Waals surface area contributed by atoms with Crippen LogP contribution in [0.3, 0.4) is 0 Å². The maximum atomic E-state index is 12.7. The molecule has 0 aliphatic carbocycles. The zero-order chi connectivity index (χ0) is 31.1. The molecule has 1 amide bonds. The molecule has 1 aromatic heterocycles. The zero-order valence-electron chi connectivity index (χ0n) is 24.0. The number of unbranched alkanes of at least 4 members (excludes halogenated alkanes) is 1. The Balaban J connectivity index is 1.12. The molecule has 0 saturated carbocycles. The number of rotatable bonds is 11. The number of carbonyl (C=O) groups is 1.